The Kier molecular flexibility index (Phi) is 3.99. The smallest absolute Gasteiger partial charge is 0.218 e. The predicted molar refractivity (Wildman–Crippen MR) is 61.7 cm³/mol. The molecule has 0 spiro atoms. The predicted octanol–water partition coefficient (Wildman–Crippen LogP) is 0.454. The molecule has 0 saturated heterocycles. The molecule has 0 aromatic carbocycles. The molecule has 0 amide bonds. The number of thiophene rings is 1. The average molecular weight is 250 g/mol. The zero-order valence-corrected chi connectivity index (χ0v) is 9.71. The van der Waals surface area contributed by atoms with Gasteiger partial charge >= 0.3 is 0 Å². The van der Waals surface area contributed by atoms with Crippen molar-refractivity contribution < 1.29 is 8.42 Å². The van der Waals surface area contributed by atoms with Gasteiger partial charge in [-0.3, -0.25) is 0 Å². The Hall–Kier alpha value is -0.500. The fraction of sp³-hybridized carbons (Fsp3) is 0.286. The Morgan fingerprint density at radius 3 is 2.86 bits per heavy atom. The number of nitrogens with two attached hydrogens (primary N) is 1. The quantitative estimate of drug-likeness (QED) is 0.744. The highest BCUT2D eigenvalue weighted by atomic mass is 32.2. The molecule has 3 N–H and O–H groups in total. The minimum absolute atomic E-state index is 0.0244. The van der Waals surface area contributed by atoms with Gasteiger partial charge in [0.05, 0.1) is 4.99 Å². The fourth-order valence-electron chi connectivity index (χ4n) is 0.833. The molecule has 0 bridgehead atoms. The van der Waals surface area contributed by atoms with Crippen LogP contribution in [0.1, 0.15) is 4.88 Å². The van der Waals surface area contributed by atoms with Crippen LogP contribution < -0.4 is 10.5 Å². The maximum atomic E-state index is 11.3. The van der Waals surface area contributed by atoms with Gasteiger partial charge in [-0.25, -0.2) is 13.1 Å². The summed E-state index contributed by atoms with van der Waals surface area (Å²) in [6.45, 7) is 0.294. The molecule has 0 radical (unpaired) electrons. The van der Waals surface area contributed by atoms with E-state index in [1.807, 2.05) is 17.5 Å². The first-order valence-electron chi connectivity index (χ1n) is 3.77. The Morgan fingerprint density at radius 1 is 1.64 bits per heavy atom. The first kappa shape index (κ1) is 11.6. The van der Waals surface area contributed by atoms with Crippen molar-refractivity contribution in [1.29, 1.82) is 0 Å². The van der Waals surface area contributed by atoms with E-state index in [1.165, 1.54) is 11.3 Å². The summed E-state index contributed by atoms with van der Waals surface area (Å²) in [6, 6.07) is 3.72. The van der Waals surface area contributed by atoms with Crippen LogP contribution in [0.5, 0.6) is 0 Å². The second-order valence-electron chi connectivity index (χ2n) is 2.63. The molecular formula is C7H10N2O2S3. The molecule has 0 fully saturated rings. The fourth-order valence-corrected chi connectivity index (χ4v) is 2.89. The van der Waals surface area contributed by atoms with Crippen molar-refractivity contribution in [2.24, 2.45) is 5.73 Å². The molecule has 4 nitrogen and oxygen atoms in total. The van der Waals surface area contributed by atoms with Crippen molar-refractivity contribution in [2.45, 2.75) is 6.54 Å². The van der Waals surface area contributed by atoms with Crippen molar-refractivity contribution in [2.75, 3.05) is 5.75 Å². The summed E-state index contributed by atoms with van der Waals surface area (Å²) < 4.78 is 24.9. The highest BCUT2D eigenvalue weighted by molar-refractivity contribution is 7.92. The molecule has 1 rings (SSSR count). The molecule has 14 heavy (non-hydrogen) atoms. The summed E-state index contributed by atoms with van der Waals surface area (Å²) in [5.41, 5.74) is 5.14. The van der Waals surface area contributed by atoms with E-state index in [2.05, 4.69) is 16.9 Å². The average Bonchev–Trinajstić information content (AvgIpc) is 2.50. The topological polar surface area (TPSA) is 72.2 Å². The monoisotopic (exact) mass is 250 g/mol. The lowest BCUT2D eigenvalue weighted by Gasteiger charge is -2.03. The van der Waals surface area contributed by atoms with E-state index in [0.717, 1.165) is 4.88 Å². The standard InChI is InChI=1S/C7H10N2O2S3/c8-7(12)5-14(10,11)9-4-6-2-1-3-13-6/h1-3,9H,4-5H2,(H2,8,12). The SMILES string of the molecule is NC(=S)CS(=O)(=O)NCc1cccs1. The van der Waals surface area contributed by atoms with E-state index < -0.39 is 10.0 Å². The van der Waals surface area contributed by atoms with Crippen molar-refractivity contribution in [3.8, 4) is 0 Å². The summed E-state index contributed by atoms with van der Waals surface area (Å²) in [7, 11) is -3.37. The first-order chi connectivity index (χ1) is 6.49. The first-order valence-corrected chi connectivity index (χ1v) is 6.71. The van der Waals surface area contributed by atoms with Crippen LogP contribution in [0.2, 0.25) is 0 Å². The Balaban J connectivity index is 2.49. The zero-order chi connectivity index (χ0) is 10.6. The summed E-state index contributed by atoms with van der Waals surface area (Å²) in [4.78, 5) is 0.931. The van der Waals surface area contributed by atoms with Gasteiger partial charge in [0.2, 0.25) is 10.0 Å². The van der Waals surface area contributed by atoms with Gasteiger partial charge < -0.3 is 5.73 Å². The maximum absolute atomic E-state index is 11.3. The molecule has 7 heteroatoms. The van der Waals surface area contributed by atoms with Gasteiger partial charge in [-0.2, -0.15) is 0 Å². The Morgan fingerprint density at radius 2 is 2.36 bits per heavy atom. The molecule has 0 unspecified atom stereocenters. The molecule has 1 aromatic rings. The third-order valence-corrected chi connectivity index (χ3v) is 3.86. The van der Waals surface area contributed by atoms with Crippen molar-refractivity contribution in [3.63, 3.8) is 0 Å². The van der Waals surface area contributed by atoms with E-state index in [-0.39, 0.29) is 10.7 Å². The maximum Gasteiger partial charge on any atom is 0.218 e. The van der Waals surface area contributed by atoms with Crippen LogP contribution in [0.25, 0.3) is 0 Å². The lowest BCUT2D eigenvalue weighted by molar-refractivity contribution is 0.586. The second-order valence-corrected chi connectivity index (χ2v) is 5.99. The third kappa shape index (κ3) is 4.14. The van der Waals surface area contributed by atoms with Gasteiger partial charge in [-0.05, 0) is 11.4 Å². The molecule has 0 aliphatic heterocycles. The lowest BCUT2D eigenvalue weighted by Crippen LogP contribution is -2.31. The minimum Gasteiger partial charge on any atom is -0.392 e. The van der Waals surface area contributed by atoms with Crippen LogP contribution in [-0.2, 0) is 16.6 Å². The van der Waals surface area contributed by atoms with Crippen molar-refractivity contribution in [3.05, 3.63) is 22.4 Å². The zero-order valence-electron chi connectivity index (χ0n) is 7.26. The number of thiocarbonyl (C=S) groups is 1. The molecule has 0 saturated carbocycles. The van der Waals surface area contributed by atoms with E-state index >= 15 is 0 Å². The largest absolute Gasteiger partial charge is 0.392 e. The van der Waals surface area contributed by atoms with E-state index in [1.54, 1.807) is 0 Å². The van der Waals surface area contributed by atoms with Gasteiger partial charge in [0.15, 0.2) is 0 Å². The van der Waals surface area contributed by atoms with Gasteiger partial charge in [0, 0.05) is 11.4 Å². The lowest BCUT2D eigenvalue weighted by atomic mass is 10.5. The van der Waals surface area contributed by atoms with Gasteiger partial charge in [0.25, 0.3) is 0 Å². The van der Waals surface area contributed by atoms with E-state index in [0.29, 0.717) is 6.54 Å². The minimum atomic E-state index is -3.37. The third-order valence-electron chi connectivity index (χ3n) is 1.38. The molecule has 78 valence electrons. The van der Waals surface area contributed by atoms with Gasteiger partial charge in [0.1, 0.15) is 5.75 Å². The molecule has 0 aliphatic carbocycles. The second kappa shape index (κ2) is 4.83. The van der Waals surface area contributed by atoms with Crippen LogP contribution in [0.15, 0.2) is 17.5 Å². The summed E-state index contributed by atoms with van der Waals surface area (Å²) in [6.07, 6.45) is 0. The van der Waals surface area contributed by atoms with Crippen LogP contribution in [0, 0.1) is 0 Å². The molecular weight excluding hydrogens is 240 g/mol. The number of rotatable bonds is 5. The molecule has 1 aromatic heterocycles. The molecule has 0 aliphatic rings. The van der Waals surface area contributed by atoms with E-state index in [4.69, 9.17) is 5.73 Å². The van der Waals surface area contributed by atoms with Crippen LogP contribution in [0.4, 0.5) is 0 Å². The number of nitrogens with one attached hydrogen (secondary N) is 1. The Labute approximate surface area is 92.2 Å². The van der Waals surface area contributed by atoms with Crippen molar-refractivity contribution in [1.82, 2.24) is 4.72 Å². The van der Waals surface area contributed by atoms with Gasteiger partial charge in [-0.15, -0.1) is 11.3 Å². The summed E-state index contributed by atoms with van der Waals surface area (Å²) >= 11 is 6.01. The summed E-state index contributed by atoms with van der Waals surface area (Å²) in [5.74, 6) is -0.298. The number of hydrogen-bond donors (Lipinski definition) is 2. The normalized spacial score (nSPS) is 11.4. The number of hydrogen-bond acceptors (Lipinski definition) is 4. The molecule has 0 atom stereocenters. The summed E-state index contributed by atoms with van der Waals surface area (Å²) in [5, 5.41) is 1.89. The van der Waals surface area contributed by atoms with Gasteiger partial charge in [-0.1, -0.05) is 18.3 Å². The molecule has 1 heterocycles. The van der Waals surface area contributed by atoms with Crippen LogP contribution in [-0.4, -0.2) is 19.2 Å². The Bertz CT molecular complexity index is 397. The van der Waals surface area contributed by atoms with Crippen molar-refractivity contribution >= 4 is 38.6 Å². The van der Waals surface area contributed by atoms with Crippen LogP contribution >= 0.6 is 23.6 Å². The number of sulfonamides is 1. The highest BCUT2D eigenvalue weighted by Gasteiger charge is 2.11. The highest BCUT2D eigenvalue weighted by Crippen LogP contribution is 2.07. The van der Waals surface area contributed by atoms with Crippen LogP contribution in [0.3, 0.4) is 0 Å². The van der Waals surface area contributed by atoms with E-state index in [9.17, 15) is 8.42 Å².